The van der Waals surface area contributed by atoms with Crippen LogP contribution in [0.25, 0.3) is 0 Å². The minimum Gasteiger partial charge on any atom is -0.378 e. The molecular formula is C26H37N5O2. The molecule has 7 nitrogen and oxygen atoms in total. The second-order valence-corrected chi connectivity index (χ2v) is 10.5. The van der Waals surface area contributed by atoms with Gasteiger partial charge < -0.3 is 9.64 Å². The first-order valence-corrected chi connectivity index (χ1v) is 12.8. The summed E-state index contributed by atoms with van der Waals surface area (Å²) >= 11 is 0. The maximum atomic E-state index is 13.4. The van der Waals surface area contributed by atoms with Crippen molar-refractivity contribution in [3.05, 3.63) is 30.1 Å². The molecule has 0 saturated carbocycles. The number of ether oxygens (including phenoxy) is 1. The van der Waals surface area contributed by atoms with Crippen LogP contribution in [0.4, 0.5) is 0 Å². The van der Waals surface area contributed by atoms with E-state index in [1.165, 1.54) is 31.4 Å². The molecule has 0 spiro atoms. The molecule has 1 aromatic heterocycles. The van der Waals surface area contributed by atoms with Crippen LogP contribution in [-0.4, -0.2) is 83.6 Å². The minimum atomic E-state index is -0.839. The number of carbonyl (C=O) groups is 1. The highest BCUT2D eigenvalue weighted by Crippen LogP contribution is 2.36. The molecule has 4 saturated heterocycles. The largest absolute Gasteiger partial charge is 0.378 e. The molecule has 0 aromatic carbocycles. The van der Waals surface area contributed by atoms with E-state index in [4.69, 9.17) is 4.74 Å². The molecule has 0 aliphatic carbocycles. The zero-order valence-corrected chi connectivity index (χ0v) is 19.7. The number of pyridine rings is 1. The highest BCUT2D eigenvalue weighted by Gasteiger charge is 2.45. The highest BCUT2D eigenvalue weighted by molar-refractivity contribution is 5.85. The molecule has 4 aliphatic rings. The van der Waals surface area contributed by atoms with Crippen molar-refractivity contribution in [2.45, 2.75) is 63.6 Å². The number of piperidine rings is 2. The molecule has 5 rings (SSSR count). The average Bonchev–Trinajstić information content (AvgIpc) is 3.09. The zero-order valence-electron chi connectivity index (χ0n) is 19.7. The van der Waals surface area contributed by atoms with Gasteiger partial charge in [0.2, 0.25) is 5.91 Å². The first kappa shape index (κ1) is 22.8. The molecule has 2 atom stereocenters. The van der Waals surface area contributed by atoms with Gasteiger partial charge in [0.1, 0.15) is 5.41 Å². The second-order valence-electron chi connectivity index (χ2n) is 10.5. The Morgan fingerprint density at radius 3 is 2.36 bits per heavy atom. The maximum Gasteiger partial charge on any atom is 0.243 e. The van der Waals surface area contributed by atoms with Gasteiger partial charge in [-0.25, -0.2) is 0 Å². The van der Waals surface area contributed by atoms with Gasteiger partial charge in [-0.2, -0.15) is 5.26 Å². The van der Waals surface area contributed by atoms with E-state index in [1.807, 2.05) is 29.4 Å². The molecule has 2 unspecified atom stereocenters. The number of morpholine rings is 1. The van der Waals surface area contributed by atoms with Gasteiger partial charge in [0.05, 0.1) is 19.3 Å². The van der Waals surface area contributed by atoms with E-state index < -0.39 is 5.41 Å². The number of nitrogens with zero attached hydrogens (tertiary/aromatic N) is 5. The van der Waals surface area contributed by atoms with Crippen molar-refractivity contribution in [2.24, 2.45) is 11.3 Å². The van der Waals surface area contributed by atoms with Gasteiger partial charge in [0, 0.05) is 57.2 Å². The Morgan fingerprint density at radius 2 is 1.73 bits per heavy atom. The van der Waals surface area contributed by atoms with Crippen LogP contribution in [0, 0.1) is 22.7 Å². The number of nitriles is 1. The number of amides is 1. The zero-order chi connectivity index (χ0) is 22.7. The van der Waals surface area contributed by atoms with Crippen molar-refractivity contribution in [2.75, 3.05) is 45.9 Å². The van der Waals surface area contributed by atoms with E-state index >= 15 is 0 Å². The molecule has 7 heteroatoms. The molecule has 33 heavy (non-hydrogen) atoms. The van der Waals surface area contributed by atoms with E-state index in [0.29, 0.717) is 30.8 Å². The standard InChI is InChI=1S/C26H37N5O2/c27-20-26(8-15-29(16-9-26)17-22-3-10-28-11-4-22)25(32)30-12-5-21(6-13-30)7-14-31-23-1-2-24(31)19-33-18-23/h3-4,10-11,21,23-24H,1-2,5-9,12-19H2. The fraction of sp³-hybridized carbons (Fsp3) is 0.731. The molecule has 1 aromatic rings. The monoisotopic (exact) mass is 451 g/mol. The lowest BCUT2D eigenvalue weighted by Crippen LogP contribution is -2.51. The molecule has 1 amide bonds. The molecule has 2 bridgehead atoms. The molecule has 4 aliphatic heterocycles. The van der Waals surface area contributed by atoms with Gasteiger partial charge >= 0.3 is 0 Å². The van der Waals surface area contributed by atoms with E-state index in [1.54, 1.807) is 0 Å². The summed E-state index contributed by atoms with van der Waals surface area (Å²) in [6, 6.07) is 7.77. The molecule has 5 heterocycles. The van der Waals surface area contributed by atoms with Gasteiger partial charge in [-0.3, -0.25) is 19.6 Å². The summed E-state index contributed by atoms with van der Waals surface area (Å²) in [6.45, 7) is 7.04. The smallest absolute Gasteiger partial charge is 0.243 e. The third kappa shape index (κ3) is 4.94. The summed E-state index contributed by atoms with van der Waals surface area (Å²) in [5.74, 6) is 0.773. The third-order valence-corrected chi connectivity index (χ3v) is 8.58. The Hall–Kier alpha value is -2.01. The normalized spacial score (nSPS) is 28.5. The van der Waals surface area contributed by atoms with Crippen molar-refractivity contribution >= 4 is 5.91 Å². The van der Waals surface area contributed by atoms with Crippen molar-refractivity contribution in [3.63, 3.8) is 0 Å². The fourth-order valence-corrected chi connectivity index (χ4v) is 6.35. The Kier molecular flexibility index (Phi) is 6.96. The molecule has 4 fully saturated rings. The van der Waals surface area contributed by atoms with Crippen molar-refractivity contribution in [1.82, 2.24) is 19.7 Å². The van der Waals surface area contributed by atoms with E-state index in [0.717, 1.165) is 58.8 Å². The fourth-order valence-electron chi connectivity index (χ4n) is 6.35. The molecule has 0 N–H and O–H groups in total. The Labute approximate surface area is 197 Å². The number of fused-ring (bicyclic) bond motifs is 2. The average molecular weight is 452 g/mol. The van der Waals surface area contributed by atoms with Crippen molar-refractivity contribution in [3.8, 4) is 6.07 Å². The van der Waals surface area contributed by atoms with Crippen LogP contribution in [0.1, 0.15) is 50.5 Å². The number of carbonyl (C=O) groups excluding carboxylic acids is 1. The number of rotatable bonds is 6. The van der Waals surface area contributed by atoms with Gasteiger partial charge in [0.15, 0.2) is 0 Å². The van der Waals surface area contributed by atoms with E-state index in [-0.39, 0.29) is 5.91 Å². The quantitative estimate of drug-likeness (QED) is 0.662. The summed E-state index contributed by atoms with van der Waals surface area (Å²) in [5, 5.41) is 10.0. The van der Waals surface area contributed by atoms with Gasteiger partial charge in [-0.1, -0.05) is 0 Å². The first-order valence-electron chi connectivity index (χ1n) is 12.8. The predicted molar refractivity (Wildman–Crippen MR) is 125 cm³/mol. The van der Waals surface area contributed by atoms with Crippen LogP contribution in [0.2, 0.25) is 0 Å². The first-order chi connectivity index (χ1) is 16.2. The summed E-state index contributed by atoms with van der Waals surface area (Å²) in [6.07, 6.45) is 10.8. The van der Waals surface area contributed by atoms with E-state index in [9.17, 15) is 10.1 Å². The lowest BCUT2D eigenvalue weighted by Gasteiger charge is -2.41. The van der Waals surface area contributed by atoms with Crippen molar-refractivity contribution in [1.29, 1.82) is 5.26 Å². The van der Waals surface area contributed by atoms with Crippen LogP contribution in [-0.2, 0) is 16.1 Å². The molecular weight excluding hydrogens is 414 g/mol. The molecule has 0 radical (unpaired) electrons. The Morgan fingerprint density at radius 1 is 1.06 bits per heavy atom. The number of hydrogen-bond acceptors (Lipinski definition) is 6. The van der Waals surface area contributed by atoms with Gasteiger partial charge in [-0.05, 0) is 75.1 Å². The molecule has 178 valence electrons. The SMILES string of the molecule is N#CC1(C(=O)N2CCC(CCN3C4CCC3COC4)CC2)CCN(Cc2ccncc2)CC1. The van der Waals surface area contributed by atoms with Crippen LogP contribution in [0.15, 0.2) is 24.5 Å². The highest BCUT2D eigenvalue weighted by atomic mass is 16.5. The minimum absolute atomic E-state index is 0.0817. The number of aromatic nitrogens is 1. The predicted octanol–water partition coefficient (Wildman–Crippen LogP) is 2.68. The van der Waals surface area contributed by atoms with Crippen LogP contribution >= 0.6 is 0 Å². The van der Waals surface area contributed by atoms with Crippen LogP contribution in [0.3, 0.4) is 0 Å². The second kappa shape index (κ2) is 10.1. The van der Waals surface area contributed by atoms with Gasteiger partial charge in [-0.15, -0.1) is 0 Å². The summed E-state index contributed by atoms with van der Waals surface area (Å²) in [7, 11) is 0. The lowest BCUT2D eigenvalue weighted by atomic mass is 9.77. The summed E-state index contributed by atoms with van der Waals surface area (Å²) < 4.78 is 5.72. The van der Waals surface area contributed by atoms with Crippen molar-refractivity contribution < 1.29 is 9.53 Å². The summed E-state index contributed by atoms with van der Waals surface area (Å²) in [5.41, 5.74) is 0.391. The maximum absolute atomic E-state index is 13.4. The lowest BCUT2D eigenvalue weighted by molar-refractivity contribution is -0.143. The van der Waals surface area contributed by atoms with E-state index in [2.05, 4.69) is 20.9 Å². The van der Waals surface area contributed by atoms with Crippen LogP contribution < -0.4 is 0 Å². The van der Waals surface area contributed by atoms with Crippen LogP contribution in [0.5, 0.6) is 0 Å². The Balaban J connectivity index is 1.08. The number of likely N-dealkylation sites (tertiary alicyclic amines) is 2. The number of hydrogen-bond donors (Lipinski definition) is 0. The summed E-state index contributed by atoms with van der Waals surface area (Å²) in [4.78, 5) is 24.5. The Bertz CT molecular complexity index is 824. The third-order valence-electron chi connectivity index (χ3n) is 8.58. The van der Waals surface area contributed by atoms with Gasteiger partial charge in [0.25, 0.3) is 0 Å². The topological polar surface area (TPSA) is 72.7 Å².